The number of aldehydes is 1. The highest BCUT2D eigenvalue weighted by atomic mass is 79.9. The van der Waals surface area contributed by atoms with Crippen LogP contribution in [0.15, 0.2) is 22.2 Å². The summed E-state index contributed by atoms with van der Waals surface area (Å²) in [6, 6.07) is 0. The van der Waals surface area contributed by atoms with Gasteiger partial charge in [-0.1, -0.05) is 28.1 Å². The van der Waals surface area contributed by atoms with E-state index in [0.29, 0.717) is 0 Å². The SMILES string of the molecule is O=CC1=CC=C(Br)C1. The Labute approximate surface area is 56.2 Å². The van der Waals surface area contributed by atoms with Crippen molar-refractivity contribution in [2.45, 2.75) is 6.42 Å². The molecule has 0 fully saturated rings. The van der Waals surface area contributed by atoms with Crippen molar-refractivity contribution in [1.29, 1.82) is 0 Å². The van der Waals surface area contributed by atoms with Gasteiger partial charge in [0.2, 0.25) is 0 Å². The molecular formula is C6H5BrO. The monoisotopic (exact) mass is 172 g/mol. The van der Waals surface area contributed by atoms with Gasteiger partial charge in [-0.15, -0.1) is 0 Å². The molecule has 2 heteroatoms. The molecule has 42 valence electrons. The minimum Gasteiger partial charge on any atom is -0.298 e. The van der Waals surface area contributed by atoms with Gasteiger partial charge in [-0.25, -0.2) is 0 Å². The molecule has 0 heterocycles. The summed E-state index contributed by atoms with van der Waals surface area (Å²) in [7, 11) is 0. The molecule has 0 atom stereocenters. The van der Waals surface area contributed by atoms with E-state index < -0.39 is 0 Å². The normalized spacial score (nSPS) is 17.6. The largest absolute Gasteiger partial charge is 0.298 e. The Bertz CT molecular complexity index is 167. The summed E-state index contributed by atoms with van der Waals surface area (Å²) in [5.74, 6) is 0. The predicted octanol–water partition coefficient (Wildman–Crippen LogP) is 1.79. The number of allylic oxidation sites excluding steroid dienone is 4. The Morgan fingerprint density at radius 3 is 2.62 bits per heavy atom. The number of hydrogen-bond donors (Lipinski definition) is 0. The second-order valence-electron chi connectivity index (χ2n) is 1.65. The number of rotatable bonds is 1. The quantitative estimate of drug-likeness (QED) is 0.552. The van der Waals surface area contributed by atoms with Crippen LogP contribution in [0.3, 0.4) is 0 Å². The van der Waals surface area contributed by atoms with Gasteiger partial charge < -0.3 is 0 Å². The van der Waals surface area contributed by atoms with Crippen LogP contribution in [0.2, 0.25) is 0 Å². The summed E-state index contributed by atoms with van der Waals surface area (Å²) in [6.45, 7) is 0. The van der Waals surface area contributed by atoms with Gasteiger partial charge in [0.05, 0.1) is 0 Å². The van der Waals surface area contributed by atoms with Gasteiger partial charge in [0.1, 0.15) is 6.29 Å². The standard InChI is InChI=1S/C6H5BrO/c7-6-2-1-5(3-6)4-8/h1-2,4H,3H2. The molecule has 0 radical (unpaired) electrons. The van der Waals surface area contributed by atoms with Crippen LogP contribution in [-0.2, 0) is 4.79 Å². The van der Waals surface area contributed by atoms with E-state index >= 15 is 0 Å². The maximum atomic E-state index is 10.0. The van der Waals surface area contributed by atoms with E-state index in [-0.39, 0.29) is 0 Å². The first-order valence-corrected chi connectivity index (χ1v) is 3.12. The van der Waals surface area contributed by atoms with Crippen LogP contribution in [0.25, 0.3) is 0 Å². The van der Waals surface area contributed by atoms with Crippen molar-refractivity contribution in [2.24, 2.45) is 0 Å². The smallest absolute Gasteiger partial charge is 0.146 e. The Morgan fingerprint density at radius 2 is 2.38 bits per heavy atom. The van der Waals surface area contributed by atoms with Crippen LogP contribution >= 0.6 is 15.9 Å². The fourth-order valence-electron chi connectivity index (χ4n) is 0.591. The predicted molar refractivity (Wildman–Crippen MR) is 35.8 cm³/mol. The van der Waals surface area contributed by atoms with Gasteiger partial charge in [-0.2, -0.15) is 0 Å². The van der Waals surface area contributed by atoms with E-state index in [1.54, 1.807) is 0 Å². The van der Waals surface area contributed by atoms with E-state index in [1.165, 1.54) is 0 Å². The van der Waals surface area contributed by atoms with Crippen LogP contribution in [0.5, 0.6) is 0 Å². The van der Waals surface area contributed by atoms with Crippen molar-refractivity contribution >= 4 is 22.2 Å². The van der Waals surface area contributed by atoms with Crippen LogP contribution in [0.4, 0.5) is 0 Å². The fourth-order valence-corrected chi connectivity index (χ4v) is 1.05. The van der Waals surface area contributed by atoms with E-state index in [9.17, 15) is 4.79 Å². The number of carbonyl (C=O) groups excluding carboxylic acids is 1. The Hall–Kier alpha value is -0.370. The summed E-state index contributed by atoms with van der Waals surface area (Å²) in [5.41, 5.74) is 0.844. The summed E-state index contributed by atoms with van der Waals surface area (Å²) < 4.78 is 1.08. The van der Waals surface area contributed by atoms with E-state index in [1.807, 2.05) is 12.2 Å². The lowest BCUT2D eigenvalue weighted by Crippen LogP contribution is -1.76. The molecule has 0 aliphatic heterocycles. The van der Waals surface area contributed by atoms with Crippen molar-refractivity contribution in [2.75, 3.05) is 0 Å². The average molecular weight is 173 g/mol. The lowest BCUT2D eigenvalue weighted by Gasteiger charge is -1.84. The molecule has 0 amide bonds. The van der Waals surface area contributed by atoms with Gasteiger partial charge in [0.15, 0.2) is 0 Å². The molecule has 0 saturated heterocycles. The highest BCUT2D eigenvalue weighted by Crippen LogP contribution is 2.21. The van der Waals surface area contributed by atoms with Gasteiger partial charge in [-0.05, 0) is 10.1 Å². The van der Waals surface area contributed by atoms with Gasteiger partial charge in [0.25, 0.3) is 0 Å². The average Bonchev–Trinajstić information content (AvgIpc) is 2.14. The molecular weight excluding hydrogens is 168 g/mol. The summed E-state index contributed by atoms with van der Waals surface area (Å²) in [4.78, 5) is 10.0. The summed E-state index contributed by atoms with van der Waals surface area (Å²) >= 11 is 3.27. The molecule has 0 unspecified atom stereocenters. The molecule has 0 spiro atoms. The maximum absolute atomic E-state index is 10.0. The Kier molecular flexibility index (Phi) is 1.63. The molecule has 8 heavy (non-hydrogen) atoms. The van der Waals surface area contributed by atoms with Crippen molar-refractivity contribution in [3.63, 3.8) is 0 Å². The minimum atomic E-state index is 0.767. The van der Waals surface area contributed by atoms with Gasteiger partial charge in [0, 0.05) is 6.42 Å². The topological polar surface area (TPSA) is 17.1 Å². The van der Waals surface area contributed by atoms with Crippen LogP contribution in [-0.4, -0.2) is 6.29 Å². The maximum Gasteiger partial charge on any atom is 0.146 e. The first kappa shape index (κ1) is 5.76. The Morgan fingerprint density at radius 1 is 1.62 bits per heavy atom. The molecule has 0 N–H and O–H groups in total. The molecule has 0 aromatic carbocycles. The lowest BCUT2D eigenvalue weighted by atomic mass is 10.3. The summed E-state index contributed by atoms with van der Waals surface area (Å²) in [5, 5.41) is 0. The number of hydrogen-bond acceptors (Lipinski definition) is 1. The second kappa shape index (κ2) is 2.27. The highest BCUT2D eigenvalue weighted by molar-refractivity contribution is 9.11. The van der Waals surface area contributed by atoms with Crippen molar-refractivity contribution < 1.29 is 4.79 Å². The van der Waals surface area contributed by atoms with Crippen molar-refractivity contribution in [3.8, 4) is 0 Å². The van der Waals surface area contributed by atoms with Crippen LogP contribution in [0.1, 0.15) is 6.42 Å². The molecule has 0 aromatic heterocycles. The fraction of sp³-hybridized carbons (Fsp3) is 0.167. The lowest BCUT2D eigenvalue weighted by molar-refractivity contribution is -0.104. The van der Waals surface area contributed by atoms with Crippen molar-refractivity contribution in [3.05, 3.63) is 22.2 Å². The molecule has 0 aromatic rings. The van der Waals surface area contributed by atoms with E-state index in [2.05, 4.69) is 15.9 Å². The Balaban J connectivity index is 2.61. The van der Waals surface area contributed by atoms with E-state index in [4.69, 9.17) is 0 Å². The van der Waals surface area contributed by atoms with Gasteiger partial charge in [-0.3, -0.25) is 4.79 Å². The van der Waals surface area contributed by atoms with E-state index in [0.717, 1.165) is 22.8 Å². The molecule has 1 aliphatic rings. The second-order valence-corrected chi connectivity index (χ2v) is 2.67. The third kappa shape index (κ3) is 1.07. The summed E-state index contributed by atoms with van der Waals surface area (Å²) in [6.07, 6.45) is 5.36. The van der Waals surface area contributed by atoms with Gasteiger partial charge >= 0.3 is 0 Å². The molecule has 1 nitrogen and oxygen atoms in total. The zero-order valence-electron chi connectivity index (χ0n) is 4.23. The van der Waals surface area contributed by atoms with Crippen LogP contribution < -0.4 is 0 Å². The molecule has 1 rings (SSSR count). The first-order valence-electron chi connectivity index (χ1n) is 2.33. The third-order valence-electron chi connectivity index (χ3n) is 1.00. The minimum absolute atomic E-state index is 0.767. The van der Waals surface area contributed by atoms with Crippen molar-refractivity contribution in [1.82, 2.24) is 0 Å². The first-order chi connectivity index (χ1) is 3.83. The van der Waals surface area contributed by atoms with Crippen LogP contribution in [0, 0.1) is 0 Å². The zero-order valence-corrected chi connectivity index (χ0v) is 5.81. The molecule has 0 saturated carbocycles. The zero-order chi connectivity index (χ0) is 5.98. The highest BCUT2D eigenvalue weighted by Gasteiger charge is 2.02. The number of halogens is 1. The third-order valence-corrected chi connectivity index (χ3v) is 1.55. The molecule has 0 bridgehead atoms. The number of carbonyl (C=O) groups is 1. The molecule has 1 aliphatic carbocycles.